The van der Waals surface area contributed by atoms with Gasteiger partial charge in [-0.25, -0.2) is 0 Å². The van der Waals surface area contributed by atoms with Gasteiger partial charge in [0, 0.05) is 11.6 Å². The summed E-state index contributed by atoms with van der Waals surface area (Å²) < 4.78 is 0. The molecular weight excluding hydrogens is 488 g/mol. The zero-order chi connectivity index (χ0) is 27.2. The third-order valence-corrected chi connectivity index (χ3v) is 6.62. The summed E-state index contributed by atoms with van der Waals surface area (Å²) in [4.78, 5) is 68.0. The largest absolute Gasteiger partial charge is 0.481 e. The minimum atomic E-state index is -1.23. The number of likely N-dealkylation sites (tertiary alicyclic amines) is 1. The second kappa shape index (κ2) is 11.6. The molecule has 1 saturated heterocycles. The Balaban J connectivity index is 1.58. The van der Waals surface area contributed by atoms with E-state index in [1.165, 1.54) is 11.1 Å². The maximum Gasteiger partial charge on any atom is 0.305 e. The lowest BCUT2D eigenvalue weighted by atomic mass is 10.0. The summed E-state index contributed by atoms with van der Waals surface area (Å²) in [5.74, 6) is -2.86. The summed E-state index contributed by atoms with van der Waals surface area (Å²) in [7, 11) is 0. The highest BCUT2D eigenvalue weighted by molar-refractivity contribution is 6.06. The van der Waals surface area contributed by atoms with E-state index < -0.39 is 54.3 Å². The third kappa shape index (κ3) is 5.69. The molecule has 4 atom stereocenters. The number of rotatable bonds is 9. The number of hydrogen-bond donors (Lipinski definition) is 3. The maximum atomic E-state index is 13.8. The Hall–Kier alpha value is -4.60. The smallest absolute Gasteiger partial charge is 0.305 e. The zero-order valence-electron chi connectivity index (χ0n) is 20.7. The number of nitrogens with zero attached hydrogens (tertiary/aromatic N) is 2. The van der Waals surface area contributed by atoms with E-state index in [-0.39, 0.29) is 5.69 Å². The lowest BCUT2D eigenvalue weighted by Gasteiger charge is -2.33. The first kappa shape index (κ1) is 26.5. The summed E-state index contributed by atoms with van der Waals surface area (Å²) in [6, 6.07) is 14.7. The van der Waals surface area contributed by atoms with E-state index in [2.05, 4.69) is 15.6 Å². The Morgan fingerprint density at radius 2 is 1.74 bits per heavy atom. The van der Waals surface area contributed by atoms with Crippen molar-refractivity contribution in [1.82, 2.24) is 20.5 Å². The van der Waals surface area contributed by atoms with E-state index in [0.29, 0.717) is 24.5 Å². The number of aldehydes is 1. The van der Waals surface area contributed by atoms with Crippen LogP contribution in [-0.2, 0) is 19.2 Å². The topological polar surface area (TPSA) is 146 Å². The van der Waals surface area contributed by atoms with E-state index in [1.807, 2.05) is 42.5 Å². The summed E-state index contributed by atoms with van der Waals surface area (Å²) >= 11 is 0. The molecule has 1 fully saturated rings. The van der Waals surface area contributed by atoms with Crippen LogP contribution in [0.5, 0.6) is 0 Å². The van der Waals surface area contributed by atoms with E-state index in [4.69, 9.17) is 5.11 Å². The summed E-state index contributed by atoms with van der Waals surface area (Å²) in [6.07, 6.45) is 2.10. The van der Waals surface area contributed by atoms with Crippen molar-refractivity contribution >= 4 is 40.7 Å². The first-order valence-electron chi connectivity index (χ1n) is 12.3. The van der Waals surface area contributed by atoms with Crippen molar-refractivity contribution < 1.29 is 29.1 Å². The molecule has 1 aliphatic heterocycles. The highest BCUT2D eigenvalue weighted by Gasteiger charge is 2.43. The average molecular weight is 517 g/mol. The van der Waals surface area contributed by atoms with Crippen molar-refractivity contribution in [2.75, 3.05) is 0 Å². The van der Waals surface area contributed by atoms with Crippen LogP contribution in [-0.4, -0.2) is 63.1 Å². The number of nitrogens with one attached hydrogen (secondary N) is 2. The second-order valence-electron chi connectivity index (χ2n) is 9.19. The quantitative estimate of drug-likeness (QED) is 0.370. The van der Waals surface area contributed by atoms with Gasteiger partial charge < -0.3 is 25.4 Å². The molecule has 1 aliphatic rings. The summed E-state index contributed by atoms with van der Waals surface area (Å²) in [5, 5.41) is 15.7. The van der Waals surface area contributed by atoms with Crippen LogP contribution >= 0.6 is 0 Å². The standard InChI is InChI=1S/C28H28N4O6/c1-17(30-27(37)25-21-10-6-5-7-18(21)13-14-29-25)28(38)32-22(19-8-3-2-4-9-19)11-12-23(32)26(36)31-20(16-33)15-24(34)35/h2-10,13-14,16-17,20,22-23H,11-12,15H2,1H3,(H,30,37)(H,31,36)(H,34,35). The van der Waals surface area contributed by atoms with Gasteiger partial charge in [-0.05, 0) is 36.8 Å². The minimum absolute atomic E-state index is 0.181. The fourth-order valence-corrected chi connectivity index (χ4v) is 4.83. The molecule has 10 nitrogen and oxygen atoms in total. The number of fused-ring (bicyclic) bond motifs is 1. The molecule has 196 valence electrons. The number of pyridine rings is 1. The van der Waals surface area contributed by atoms with Crippen molar-refractivity contribution in [2.24, 2.45) is 0 Å². The summed E-state index contributed by atoms with van der Waals surface area (Å²) in [6.45, 7) is 1.54. The molecule has 0 spiro atoms. The van der Waals surface area contributed by atoms with E-state index in [1.54, 1.807) is 25.1 Å². The van der Waals surface area contributed by atoms with Gasteiger partial charge in [0.15, 0.2) is 0 Å². The number of carbonyl (C=O) groups excluding carboxylic acids is 4. The Labute approximate surface area is 219 Å². The van der Waals surface area contributed by atoms with Crippen LogP contribution in [0.25, 0.3) is 10.8 Å². The number of carboxylic acids is 1. The molecule has 38 heavy (non-hydrogen) atoms. The molecular formula is C28H28N4O6. The van der Waals surface area contributed by atoms with Gasteiger partial charge in [-0.15, -0.1) is 0 Å². The maximum absolute atomic E-state index is 13.8. The zero-order valence-corrected chi connectivity index (χ0v) is 20.7. The SMILES string of the molecule is CC(NC(=O)c1nccc2ccccc12)C(=O)N1C(C(=O)NC(C=O)CC(=O)O)CCC1c1ccccc1. The van der Waals surface area contributed by atoms with Crippen LogP contribution in [0.2, 0.25) is 0 Å². The van der Waals surface area contributed by atoms with Crippen LogP contribution in [0, 0.1) is 0 Å². The molecule has 4 unspecified atom stereocenters. The lowest BCUT2D eigenvalue weighted by molar-refractivity contribution is -0.143. The molecule has 2 heterocycles. The molecule has 2 aromatic carbocycles. The van der Waals surface area contributed by atoms with E-state index in [9.17, 15) is 24.0 Å². The van der Waals surface area contributed by atoms with E-state index in [0.717, 1.165) is 10.9 Å². The second-order valence-corrected chi connectivity index (χ2v) is 9.19. The van der Waals surface area contributed by atoms with E-state index >= 15 is 0 Å². The van der Waals surface area contributed by atoms with Crippen LogP contribution in [0.15, 0.2) is 66.9 Å². The van der Waals surface area contributed by atoms with Crippen molar-refractivity contribution in [3.05, 3.63) is 78.1 Å². The Bertz CT molecular complexity index is 1360. The predicted octanol–water partition coefficient (Wildman–Crippen LogP) is 2.24. The average Bonchev–Trinajstić information content (AvgIpc) is 3.37. The number of amides is 3. The molecule has 1 aromatic heterocycles. The van der Waals surface area contributed by atoms with Gasteiger partial charge >= 0.3 is 5.97 Å². The highest BCUT2D eigenvalue weighted by atomic mass is 16.4. The Kier molecular flexibility index (Phi) is 8.10. The number of aliphatic carboxylic acids is 1. The van der Waals surface area contributed by atoms with Gasteiger partial charge in [0.05, 0.1) is 18.5 Å². The van der Waals surface area contributed by atoms with Gasteiger partial charge in [0.25, 0.3) is 5.91 Å². The number of carbonyl (C=O) groups is 5. The predicted molar refractivity (Wildman–Crippen MR) is 138 cm³/mol. The number of aromatic nitrogens is 1. The summed E-state index contributed by atoms with van der Waals surface area (Å²) in [5.41, 5.74) is 1.00. The van der Waals surface area contributed by atoms with Gasteiger partial charge in [-0.2, -0.15) is 0 Å². The van der Waals surface area contributed by atoms with Crippen LogP contribution in [0.3, 0.4) is 0 Å². The molecule has 10 heteroatoms. The number of hydrogen-bond acceptors (Lipinski definition) is 6. The molecule has 3 amide bonds. The third-order valence-electron chi connectivity index (χ3n) is 6.62. The molecule has 0 radical (unpaired) electrons. The normalized spacial score (nSPS) is 18.4. The van der Waals surface area contributed by atoms with Crippen LogP contribution < -0.4 is 10.6 Å². The molecule has 3 aromatic rings. The lowest BCUT2D eigenvalue weighted by Crippen LogP contribution is -2.54. The monoisotopic (exact) mass is 516 g/mol. The molecule has 0 aliphatic carbocycles. The molecule has 0 saturated carbocycles. The first-order chi connectivity index (χ1) is 18.3. The van der Waals surface area contributed by atoms with Crippen molar-refractivity contribution in [2.45, 2.75) is 50.4 Å². The first-order valence-corrected chi connectivity index (χ1v) is 12.3. The number of carboxylic acid groups (broad SMARTS) is 1. The molecule has 4 rings (SSSR count). The van der Waals surface area contributed by atoms with Gasteiger partial charge in [-0.3, -0.25) is 24.2 Å². The molecule has 3 N–H and O–H groups in total. The van der Waals surface area contributed by atoms with Crippen molar-refractivity contribution in [1.29, 1.82) is 0 Å². The van der Waals surface area contributed by atoms with Gasteiger partial charge in [-0.1, -0.05) is 54.6 Å². The van der Waals surface area contributed by atoms with Crippen LogP contribution in [0.4, 0.5) is 0 Å². The van der Waals surface area contributed by atoms with Gasteiger partial charge in [0.2, 0.25) is 11.8 Å². The fraction of sp³-hybridized carbons (Fsp3) is 0.286. The fourth-order valence-electron chi connectivity index (χ4n) is 4.83. The van der Waals surface area contributed by atoms with Gasteiger partial charge in [0.1, 0.15) is 24.1 Å². The Morgan fingerprint density at radius 3 is 2.45 bits per heavy atom. The Morgan fingerprint density at radius 1 is 1.03 bits per heavy atom. The van der Waals surface area contributed by atoms with Crippen LogP contribution in [0.1, 0.15) is 48.3 Å². The highest BCUT2D eigenvalue weighted by Crippen LogP contribution is 2.37. The number of benzene rings is 2. The minimum Gasteiger partial charge on any atom is -0.481 e. The molecule has 0 bridgehead atoms. The van der Waals surface area contributed by atoms with Crippen molar-refractivity contribution in [3.8, 4) is 0 Å². The van der Waals surface area contributed by atoms with Crippen molar-refractivity contribution in [3.63, 3.8) is 0 Å².